The number of carbonyl (C=O) groups excluding carboxylic acids is 1. The third kappa shape index (κ3) is 4.20. The number of rotatable bonds is 4. The van der Waals surface area contributed by atoms with Gasteiger partial charge in [-0.05, 0) is 43.3 Å². The second kappa shape index (κ2) is 6.36. The van der Waals surface area contributed by atoms with E-state index in [2.05, 4.69) is 5.32 Å². The van der Waals surface area contributed by atoms with Crippen molar-refractivity contribution in [1.82, 2.24) is 5.32 Å². The van der Waals surface area contributed by atoms with Crippen LogP contribution in [0.5, 0.6) is 0 Å². The average molecular weight is 364 g/mol. The van der Waals surface area contributed by atoms with Gasteiger partial charge in [0, 0.05) is 26.1 Å². The van der Waals surface area contributed by atoms with E-state index in [0.717, 1.165) is 11.3 Å². The third-order valence-corrected chi connectivity index (χ3v) is 6.34. The minimum absolute atomic E-state index is 0.0618. The summed E-state index contributed by atoms with van der Waals surface area (Å²) < 4.78 is 22.5. The fraction of sp³-hybridized carbons (Fsp3) is 0.154. The summed E-state index contributed by atoms with van der Waals surface area (Å²) in [5.74, 6) is -0.261. The number of nitrogens with one attached hydrogen (secondary N) is 1. The van der Waals surface area contributed by atoms with Crippen LogP contribution in [0.3, 0.4) is 0 Å². The minimum Gasteiger partial charge on any atom is -0.345 e. The molecule has 0 radical (unpaired) electrons. The fourth-order valence-corrected chi connectivity index (χ4v) is 3.87. The summed E-state index contributed by atoms with van der Waals surface area (Å²) in [7, 11) is 1.54. The highest BCUT2D eigenvalue weighted by Gasteiger charge is 2.17. The number of amides is 1. The summed E-state index contributed by atoms with van der Waals surface area (Å²) in [4.78, 5) is 12.8. The van der Waals surface area contributed by atoms with Crippen molar-refractivity contribution in [1.29, 1.82) is 0 Å². The van der Waals surface area contributed by atoms with E-state index in [1.165, 1.54) is 6.07 Å². The van der Waals surface area contributed by atoms with Crippen LogP contribution in [-0.2, 0) is 9.05 Å². The van der Waals surface area contributed by atoms with Gasteiger partial charge < -0.3 is 5.32 Å². The lowest BCUT2D eigenvalue weighted by molar-refractivity contribution is 0.0940. The van der Waals surface area contributed by atoms with Gasteiger partial charge in [-0.3, -0.25) is 4.79 Å². The van der Waals surface area contributed by atoms with Crippen LogP contribution in [0.2, 0.25) is 5.02 Å². The van der Waals surface area contributed by atoms with E-state index in [-0.39, 0.29) is 16.2 Å². The zero-order chi connectivity index (χ0) is 15.6. The van der Waals surface area contributed by atoms with Gasteiger partial charge in [0.1, 0.15) is 4.21 Å². The molecule has 2 rings (SSSR count). The third-order valence-electron chi connectivity index (χ3n) is 2.72. The van der Waals surface area contributed by atoms with Crippen molar-refractivity contribution < 1.29 is 13.2 Å². The first-order valence-corrected chi connectivity index (χ1v) is 9.38. The Bertz CT molecular complexity index is 754. The van der Waals surface area contributed by atoms with Crippen molar-refractivity contribution >= 4 is 48.6 Å². The molecule has 0 fully saturated rings. The van der Waals surface area contributed by atoms with E-state index in [4.69, 9.17) is 22.3 Å². The maximum atomic E-state index is 12.0. The second-order valence-corrected chi connectivity index (χ2v) is 8.64. The molecule has 1 aromatic carbocycles. The largest absolute Gasteiger partial charge is 0.345 e. The SMILES string of the molecule is CC(NC(=O)c1ccc(Cl)cc1)c1ccc(S(=O)(=O)Cl)s1. The van der Waals surface area contributed by atoms with Gasteiger partial charge >= 0.3 is 0 Å². The van der Waals surface area contributed by atoms with Crippen LogP contribution in [0.15, 0.2) is 40.6 Å². The number of hydrogen-bond donors (Lipinski definition) is 1. The van der Waals surface area contributed by atoms with Gasteiger partial charge in [0.25, 0.3) is 15.0 Å². The smallest absolute Gasteiger partial charge is 0.270 e. The summed E-state index contributed by atoms with van der Waals surface area (Å²) in [5, 5.41) is 3.34. The normalized spacial score (nSPS) is 12.9. The van der Waals surface area contributed by atoms with Crippen LogP contribution >= 0.6 is 33.6 Å². The number of halogens is 2. The quantitative estimate of drug-likeness (QED) is 0.839. The Morgan fingerprint density at radius 2 is 1.81 bits per heavy atom. The molecule has 0 aliphatic carbocycles. The fourth-order valence-electron chi connectivity index (χ4n) is 1.65. The summed E-state index contributed by atoms with van der Waals surface area (Å²) in [6.45, 7) is 1.77. The molecule has 0 saturated carbocycles. The summed E-state index contributed by atoms with van der Waals surface area (Å²) in [6.07, 6.45) is 0. The van der Waals surface area contributed by atoms with Crippen LogP contribution in [-0.4, -0.2) is 14.3 Å². The van der Waals surface area contributed by atoms with E-state index < -0.39 is 9.05 Å². The highest BCUT2D eigenvalue weighted by atomic mass is 35.7. The number of thiophene rings is 1. The zero-order valence-corrected chi connectivity index (χ0v) is 14.0. The molecule has 1 N–H and O–H groups in total. The molecule has 1 atom stereocenters. The Morgan fingerprint density at radius 3 is 2.33 bits per heavy atom. The van der Waals surface area contributed by atoms with Gasteiger partial charge in [-0.2, -0.15) is 0 Å². The highest BCUT2D eigenvalue weighted by molar-refractivity contribution is 8.15. The summed E-state index contributed by atoms with van der Waals surface area (Å²) in [6, 6.07) is 9.22. The predicted molar refractivity (Wildman–Crippen MR) is 84.7 cm³/mol. The van der Waals surface area contributed by atoms with Gasteiger partial charge in [-0.25, -0.2) is 8.42 Å². The molecule has 1 unspecified atom stereocenters. The molecule has 21 heavy (non-hydrogen) atoms. The van der Waals surface area contributed by atoms with Crippen molar-refractivity contribution in [2.24, 2.45) is 0 Å². The topological polar surface area (TPSA) is 63.2 Å². The lowest BCUT2D eigenvalue weighted by Gasteiger charge is -2.12. The van der Waals surface area contributed by atoms with Gasteiger partial charge in [-0.1, -0.05) is 11.6 Å². The van der Waals surface area contributed by atoms with Gasteiger partial charge in [0.15, 0.2) is 0 Å². The molecule has 0 aliphatic rings. The molecule has 1 amide bonds. The van der Waals surface area contributed by atoms with E-state index in [0.29, 0.717) is 15.5 Å². The van der Waals surface area contributed by atoms with Crippen LogP contribution in [0.1, 0.15) is 28.2 Å². The molecule has 1 heterocycles. The molecule has 0 aliphatic heterocycles. The monoisotopic (exact) mass is 363 g/mol. The van der Waals surface area contributed by atoms with Crippen molar-refractivity contribution in [3.63, 3.8) is 0 Å². The van der Waals surface area contributed by atoms with E-state index in [1.807, 2.05) is 0 Å². The first-order chi connectivity index (χ1) is 9.77. The number of hydrogen-bond acceptors (Lipinski definition) is 4. The van der Waals surface area contributed by atoms with E-state index in [1.54, 1.807) is 37.3 Å². The average Bonchev–Trinajstić information content (AvgIpc) is 2.88. The Hall–Kier alpha value is -1.08. The molecule has 4 nitrogen and oxygen atoms in total. The van der Waals surface area contributed by atoms with Gasteiger partial charge in [-0.15, -0.1) is 11.3 Å². The zero-order valence-electron chi connectivity index (χ0n) is 10.8. The first kappa shape index (κ1) is 16.3. The Labute approximate surface area is 136 Å². The second-order valence-electron chi connectivity index (χ2n) is 4.30. The molecular formula is C13H11Cl2NO3S2. The van der Waals surface area contributed by atoms with Gasteiger partial charge in [0.05, 0.1) is 6.04 Å². The minimum atomic E-state index is -3.74. The molecule has 1 aromatic heterocycles. The van der Waals surface area contributed by atoms with Crippen molar-refractivity contribution in [2.45, 2.75) is 17.2 Å². The molecule has 0 bridgehead atoms. The Morgan fingerprint density at radius 1 is 1.19 bits per heavy atom. The van der Waals surface area contributed by atoms with Gasteiger partial charge in [0.2, 0.25) is 0 Å². The van der Waals surface area contributed by atoms with Crippen molar-refractivity contribution in [3.8, 4) is 0 Å². The van der Waals surface area contributed by atoms with Crippen molar-refractivity contribution in [2.75, 3.05) is 0 Å². The first-order valence-electron chi connectivity index (χ1n) is 5.88. The van der Waals surface area contributed by atoms with E-state index >= 15 is 0 Å². The maximum Gasteiger partial charge on any atom is 0.270 e. The Balaban J connectivity index is 2.11. The Kier molecular flexibility index (Phi) is 4.93. The van der Waals surface area contributed by atoms with Crippen LogP contribution in [0.4, 0.5) is 0 Å². The summed E-state index contributed by atoms with van der Waals surface area (Å²) in [5.41, 5.74) is 0.480. The van der Waals surface area contributed by atoms with Crippen LogP contribution < -0.4 is 5.32 Å². The maximum absolute atomic E-state index is 12.0. The lowest BCUT2D eigenvalue weighted by Crippen LogP contribution is -2.25. The predicted octanol–water partition coefficient (Wildman–Crippen LogP) is 3.82. The van der Waals surface area contributed by atoms with Crippen molar-refractivity contribution in [3.05, 3.63) is 51.9 Å². The molecular weight excluding hydrogens is 353 g/mol. The number of benzene rings is 1. The van der Waals surface area contributed by atoms with Crippen LogP contribution in [0.25, 0.3) is 0 Å². The van der Waals surface area contributed by atoms with Crippen LogP contribution in [0, 0.1) is 0 Å². The lowest BCUT2D eigenvalue weighted by atomic mass is 10.2. The number of carbonyl (C=O) groups is 1. The molecule has 112 valence electrons. The van der Waals surface area contributed by atoms with E-state index in [9.17, 15) is 13.2 Å². The highest BCUT2D eigenvalue weighted by Crippen LogP contribution is 2.28. The molecule has 0 saturated heterocycles. The molecule has 8 heteroatoms. The standard InChI is InChI=1S/C13H11Cl2NO3S2/c1-8(11-6-7-12(20-11)21(15,18)19)16-13(17)9-2-4-10(14)5-3-9/h2-8H,1H3,(H,16,17). The molecule has 0 spiro atoms. The molecule has 2 aromatic rings. The summed E-state index contributed by atoms with van der Waals surface area (Å²) >= 11 is 6.80.